The maximum atomic E-state index is 13.4. The van der Waals surface area contributed by atoms with Crippen LogP contribution in [0.5, 0.6) is 11.5 Å². The number of aromatic amines is 1. The number of anilines is 3. The highest BCUT2D eigenvalue weighted by Crippen LogP contribution is 2.66. The van der Waals surface area contributed by atoms with E-state index >= 15 is 0 Å². The number of sulfone groups is 1. The van der Waals surface area contributed by atoms with Crippen LogP contribution in [-0.2, 0) is 20.0 Å². The van der Waals surface area contributed by atoms with Gasteiger partial charge in [0.1, 0.15) is 11.5 Å². The molecule has 196 valence electrons. The Hall–Kier alpha value is -4.05. The van der Waals surface area contributed by atoms with Crippen molar-refractivity contribution in [2.45, 2.75) is 29.6 Å². The van der Waals surface area contributed by atoms with Gasteiger partial charge in [0.05, 0.1) is 35.2 Å². The lowest BCUT2D eigenvalue weighted by atomic mass is 9.91. The van der Waals surface area contributed by atoms with E-state index in [4.69, 9.17) is 9.47 Å². The minimum Gasteiger partial charge on any atom is -0.497 e. The fourth-order valence-corrected chi connectivity index (χ4v) is 6.24. The maximum absolute atomic E-state index is 13.4. The van der Waals surface area contributed by atoms with Gasteiger partial charge in [-0.15, -0.1) is 0 Å². The van der Waals surface area contributed by atoms with Crippen LogP contribution in [0.3, 0.4) is 0 Å². The number of H-pyrrole nitrogens is 1. The molecular formula is C28H28N4O5S. The topological polar surface area (TPSA) is 114 Å². The first kappa shape index (κ1) is 24.3. The van der Waals surface area contributed by atoms with E-state index in [1.54, 1.807) is 24.1 Å². The second kappa shape index (κ2) is 8.49. The number of nitrogens with one attached hydrogen (secondary N) is 2. The second-order valence-electron chi connectivity index (χ2n) is 9.84. The van der Waals surface area contributed by atoms with E-state index in [2.05, 4.69) is 21.6 Å². The van der Waals surface area contributed by atoms with Gasteiger partial charge in [-0.1, -0.05) is 6.07 Å². The zero-order chi connectivity index (χ0) is 26.8. The Morgan fingerprint density at radius 1 is 1.16 bits per heavy atom. The Bertz CT molecular complexity index is 1710. The number of aromatic nitrogens is 2. The molecule has 10 heteroatoms. The van der Waals surface area contributed by atoms with Gasteiger partial charge in [-0.05, 0) is 66.9 Å². The summed E-state index contributed by atoms with van der Waals surface area (Å²) in [7, 11) is 0.0922. The minimum absolute atomic E-state index is 0.0583. The summed E-state index contributed by atoms with van der Waals surface area (Å²) in [4.78, 5) is 15.3. The van der Waals surface area contributed by atoms with Crippen LogP contribution >= 0.6 is 0 Å². The van der Waals surface area contributed by atoms with Gasteiger partial charge in [0.2, 0.25) is 5.91 Å². The minimum atomic E-state index is -3.37. The zero-order valence-corrected chi connectivity index (χ0v) is 22.3. The Kier molecular flexibility index (Phi) is 5.43. The van der Waals surface area contributed by atoms with Crippen molar-refractivity contribution in [3.63, 3.8) is 0 Å². The number of likely N-dealkylation sites (N-methyl/N-ethyl adjacent to an activating group) is 1. The van der Waals surface area contributed by atoms with Crippen LogP contribution in [0.25, 0.3) is 10.9 Å². The molecule has 2 aliphatic rings. The normalized spacial score (nSPS) is 20.2. The van der Waals surface area contributed by atoms with Crippen molar-refractivity contribution in [1.82, 2.24) is 10.2 Å². The van der Waals surface area contributed by atoms with Gasteiger partial charge in [-0.2, -0.15) is 5.10 Å². The van der Waals surface area contributed by atoms with Crippen LogP contribution in [0.4, 0.5) is 17.2 Å². The molecule has 1 amide bonds. The monoisotopic (exact) mass is 532 g/mol. The van der Waals surface area contributed by atoms with Crippen LogP contribution in [0.1, 0.15) is 30.4 Å². The SMILES string of the molecule is CCOc1cc(S(C)(=O)=O)ccc1Nc1n[nH]c2cc([C@@H]3C[C@@]34C(=O)N(C)c3ccc(OC)cc34)ccc12. The smallest absolute Gasteiger partial charge is 0.238 e. The summed E-state index contributed by atoms with van der Waals surface area (Å²) >= 11 is 0. The molecule has 2 N–H and O–H groups in total. The van der Waals surface area contributed by atoms with Gasteiger partial charge in [-0.3, -0.25) is 9.89 Å². The van der Waals surface area contributed by atoms with E-state index in [0.717, 1.165) is 39.9 Å². The van der Waals surface area contributed by atoms with Crippen molar-refractivity contribution in [3.8, 4) is 11.5 Å². The molecule has 6 rings (SSSR count). The third kappa shape index (κ3) is 3.62. The summed E-state index contributed by atoms with van der Waals surface area (Å²) < 4.78 is 35.1. The average molecular weight is 533 g/mol. The van der Waals surface area contributed by atoms with Crippen molar-refractivity contribution in [2.24, 2.45) is 0 Å². The molecule has 9 nitrogen and oxygen atoms in total. The first-order valence-corrected chi connectivity index (χ1v) is 14.2. The molecule has 1 fully saturated rings. The van der Waals surface area contributed by atoms with E-state index in [9.17, 15) is 13.2 Å². The highest BCUT2D eigenvalue weighted by Gasteiger charge is 2.66. The van der Waals surface area contributed by atoms with Gasteiger partial charge < -0.3 is 19.7 Å². The molecule has 1 aliphatic heterocycles. The first-order chi connectivity index (χ1) is 18.2. The number of benzene rings is 3. The Labute approximate surface area is 220 Å². The van der Waals surface area contributed by atoms with Crippen molar-refractivity contribution >= 4 is 43.8 Å². The van der Waals surface area contributed by atoms with Gasteiger partial charge in [0.25, 0.3) is 0 Å². The van der Waals surface area contributed by atoms with Crippen molar-refractivity contribution in [3.05, 3.63) is 65.7 Å². The molecule has 2 heterocycles. The number of carbonyl (C=O) groups is 1. The van der Waals surface area contributed by atoms with Crippen molar-refractivity contribution in [2.75, 3.05) is 37.2 Å². The van der Waals surface area contributed by atoms with Gasteiger partial charge >= 0.3 is 0 Å². The molecule has 4 aromatic rings. The molecule has 0 radical (unpaired) electrons. The molecule has 38 heavy (non-hydrogen) atoms. The molecule has 0 saturated heterocycles. The Morgan fingerprint density at radius 3 is 2.71 bits per heavy atom. The molecule has 1 spiro atoms. The molecule has 1 saturated carbocycles. The first-order valence-electron chi connectivity index (χ1n) is 12.4. The van der Waals surface area contributed by atoms with Crippen molar-refractivity contribution < 1.29 is 22.7 Å². The fraction of sp³-hybridized carbons (Fsp3) is 0.286. The van der Waals surface area contributed by atoms with Gasteiger partial charge in [-0.25, -0.2) is 8.42 Å². The van der Waals surface area contributed by atoms with E-state index in [1.807, 2.05) is 44.3 Å². The second-order valence-corrected chi connectivity index (χ2v) is 11.9. The molecule has 2 atom stereocenters. The Balaban J connectivity index is 1.31. The van der Waals surface area contributed by atoms with E-state index in [0.29, 0.717) is 23.9 Å². The van der Waals surface area contributed by atoms with Crippen LogP contribution < -0.4 is 19.7 Å². The summed E-state index contributed by atoms with van der Waals surface area (Å²) in [5.74, 6) is 1.94. The maximum Gasteiger partial charge on any atom is 0.238 e. The zero-order valence-electron chi connectivity index (χ0n) is 21.5. The highest BCUT2D eigenvalue weighted by atomic mass is 32.2. The molecule has 0 bridgehead atoms. The number of rotatable bonds is 7. The predicted octanol–water partition coefficient (Wildman–Crippen LogP) is 4.52. The van der Waals surface area contributed by atoms with E-state index < -0.39 is 15.3 Å². The third-order valence-electron chi connectivity index (χ3n) is 7.62. The largest absolute Gasteiger partial charge is 0.497 e. The lowest BCUT2D eigenvalue weighted by Gasteiger charge is -2.13. The fourth-order valence-electron chi connectivity index (χ4n) is 5.60. The van der Waals surface area contributed by atoms with Crippen LogP contribution in [-0.4, -0.2) is 51.5 Å². The van der Waals surface area contributed by atoms with Crippen LogP contribution in [0, 0.1) is 0 Å². The number of nitrogens with zero attached hydrogens (tertiary/aromatic N) is 2. The summed E-state index contributed by atoms with van der Waals surface area (Å²) in [6, 6.07) is 16.6. The number of hydrogen-bond donors (Lipinski definition) is 2. The summed E-state index contributed by atoms with van der Waals surface area (Å²) in [6.07, 6.45) is 1.91. The quantitative estimate of drug-likeness (QED) is 0.360. The summed E-state index contributed by atoms with van der Waals surface area (Å²) in [5.41, 5.74) is 3.89. The van der Waals surface area contributed by atoms with Gasteiger partial charge in [0.15, 0.2) is 15.7 Å². The number of amides is 1. The molecule has 0 unspecified atom stereocenters. The van der Waals surface area contributed by atoms with Crippen LogP contribution in [0.2, 0.25) is 0 Å². The third-order valence-corrected chi connectivity index (χ3v) is 8.73. The Morgan fingerprint density at radius 2 is 1.97 bits per heavy atom. The number of methoxy groups -OCH3 is 1. The lowest BCUT2D eigenvalue weighted by Crippen LogP contribution is -2.29. The number of ether oxygens (including phenoxy) is 2. The summed E-state index contributed by atoms with van der Waals surface area (Å²) in [6.45, 7) is 2.23. The van der Waals surface area contributed by atoms with E-state index in [1.165, 1.54) is 12.3 Å². The summed E-state index contributed by atoms with van der Waals surface area (Å²) in [5, 5.41) is 11.7. The highest BCUT2D eigenvalue weighted by molar-refractivity contribution is 7.90. The molecule has 3 aromatic carbocycles. The molecule has 1 aromatic heterocycles. The number of hydrogen-bond acceptors (Lipinski definition) is 7. The predicted molar refractivity (Wildman–Crippen MR) is 146 cm³/mol. The van der Waals surface area contributed by atoms with E-state index in [-0.39, 0.29) is 16.7 Å². The molecule has 1 aliphatic carbocycles. The average Bonchev–Trinajstić information content (AvgIpc) is 3.49. The van der Waals surface area contributed by atoms with Gasteiger partial charge in [0, 0.05) is 36.4 Å². The molecular weight excluding hydrogens is 504 g/mol. The van der Waals surface area contributed by atoms with Crippen LogP contribution in [0.15, 0.2) is 59.5 Å². The lowest BCUT2D eigenvalue weighted by molar-refractivity contribution is -0.120. The standard InChI is InChI=1S/C28H28N4O5S/c1-5-37-25-14-18(38(4,34)35)8-10-22(25)29-26-19-9-6-16(12-23(19)30-31-26)21-15-28(21)20-13-17(36-3)7-11-24(20)32(2)27(28)33/h6-14,21H,5,15H2,1-4H3,(H2,29,30,31)/t21-,28-/m0/s1. The number of fused-ring (bicyclic) bond motifs is 3. The van der Waals surface area contributed by atoms with Crippen molar-refractivity contribution in [1.29, 1.82) is 0 Å². The number of carbonyl (C=O) groups excluding carboxylic acids is 1.